The molecule has 0 amide bonds. The summed E-state index contributed by atoms with van der Waals surface area (Å²) in [5, 5.41) is 3.23. The van der Waals surface area contributed by atoms with Gasteiger partial charge in [0.25, 0.3) is 0 Å². The van der Waals surface area contributed by atoms with E-state index in [4.69, 9.17) is 0 Å². The molecule has 0 fully saturated rings. The quantitative estimate of drug-likeness (QED) is 0.661. The van der Waals surface area contributed by atoms with E-state index in [1.54, 1.807) is 12.4 Å². The number of halogens is 1. The maximum atomic E-state index is 11.1. The largest absolute Gasteiger partial charge is 0.468 e. The van der Waals surface area contributed by atoms with Crippen molar-refractivity contribution >= 4 is 21.9 Å². The predicted molar refractivity (Wildman–Crippen MR) is 65.4 cm³/mol. The van der Waals surface area contributed by atoms with Crippen molar-refractivity contribution in [2.24, 2.45) is 0 Å². The van der Waals surface area contributed by atoms with E-state index in [1.165, 1.54) is 7.11 Å². The van der Waals surface area contributed by atoms with Crippen molar-refractivity contribution < 1.29 is 9.53 Å². The highest BCUT2D eigenvalue weighted by molar-refractivity contribution is 9.10. The first-order chi connectivity index (χ1) is 7.65. The monoisotopic (exact) mass is 286 g/mol. The summed E-state index contributed by atoms with van der Waals surface area (Å²) in [6.45, 7) is 2.54. The second kappa shape index (κ2) is 6.60. The molecule has 2 atom stereocenters. The van der Waals surface area contributed by atoms with Crippen LogP contribution in [0.4, 0.5) is 0 Å². The van der Waals surface area contributed by atoms with E-state index < -0.39 is 0 Å². The minimum atomic E-state index is -0.323. The smallest absolute Gasteiger partial charge is 0.320 e. The van der Waals surface area contributed by atoms with Crippen LogP contribution >= 0.6 is 15.9 Å². The first kappa shape index (κ1) is 13.1. The molecular weight excluding hydrogens is 272 g/mol. The maximum absolute atomic E-state index is 11.1. The van der Waals surface area contributed by atoms with E-state index in [9.17, 15) is 4.79 Å². The molecule has 5 heteroatoms. The van der Waals surface area contributed by atoms with Crippen LogP contribution in [0.15, 0.2) is 24.5 Å². The summed E-state index contributed by atoms with van der Waals surface area (Å²) in [7, 11) is 1.38. The number of rotatable bonds is 5. The molecule has 1 aromatic rings. The van der Waals surface area contributed by atoms with Crippen LogP contribution in [0.2, 0.25) is 0 Å². The molecule has 1 unspecified atom stereocenters. The summed E-state index contributed by atoms with van der Waals surface area (Å²) in [5.41, 5.74) is 1.09. The summed E-state index contributed by atoms with van der Waals surface area (Å²) < 4.78 is 4.61. The lowest BCUT2D eigenvalue weighted by Crippen LogP contribution is -2.31. The van der Waals surface area contributed by atoms with E-state index >= 15 is 0 Å². The molecule has 1 aromatic heterocycles. The van der Waals surface area contributed by atoms with Crippen LogP contribution in [0.25, 0.3) is 0 Å². The summed E-state index contributed by atoms with van der Waals surface area (Å²) >= 11 is 3.25. The number of hydrogen-bond donors (Lipinski definition) is 1. The number of pyridine rings is 1. The molecule has 0 bridgehead atoms. The number of carbonyl (C=O) groups excluding carboxylic acids is 1. The molecule has 0 aliphatic rings. The van der Waals surface area contributed by atoms with Gasteiger partial charge < -0.3 is 10.1 Å². The topological polar surface area (TPSA) is 51.2 Å². The fraction of sp³-hybridized carbons (Fsp3) is 0.455. The normalized spacial score (nSPS) is 14.2. The number of aromatic nitrogens is 1. The van der Waals surface area contributed by atoms with Crippen LogP contribution in [0, 0.1) is 0 Å². The van der Waals surface area contributed by atoms with Gasteiger partial charge in [-0.3, -0.25) is 9.78 Å². The first-order valence-electron chi connectivity index (χ1n) is 5.00. The Labute approximate surface area is 104 Å². The second-order valence-corrected chi connectivity index (χ2v) is 4.51. The fourth-order valence-corrected chi connectivity index (χ4v) is 1.62. The molecule has 0 aromatic carbocycles. The Balaban J connectivity index is 2.41. The molecule has 0 spiro atoms. The number of ether oxygens (including phenoxy) is 1. The predicted octanol–water partition coefficient (Wildman–Crippen LogP) is 1.67. The molecular formula is C11H15BrN2O2. The highest BCUT2D eigenvalue weighted by Crippen LogP contribution is 2.10. The molecule has 16 heavy (non-hydrogen) atoms. The minimum Gasteiger partial charge on any atom is -0.468 e. The van der Waals surface area contributed by atoms with Crippen molar-refractivity contribution in [3.8, 4) is 0 Å². The van der Waals surface area contributed by atoms with E-state index in [0.29, 0.717) is 6.54 Å². The zero-order valence-electron chi connectivity index (χ0n) is 9.31. The van der Waals surface area contributed by atoms with Crippen LogP contribution in [-0.2, 0) is 9.53 Å². The third kappa shape index (κ3) is 3.90. The van der Waals surface area contributed by atoms with Crippen LogP contribution in [0.3, 0.4) is 0 Å². The number of methoxy groups -OCH3 is 1. The Morgan fingerprint density at radius 3 is 3.00 bits per heavy atom. The van der Waals surface area contributed by atoms with E-state index in [1.807, 2.05) is 19.1 Å². The lowest BCUT2D eigenvalue weighted by atomic mass is 10.1. The number of nitrogens with one attached hydrogen (secondary N) is 1. The molecule has 4 nitrogen and oxygen atoms in total. The molecule has 0 radical (unpaired) electrons. The van der Waals surface area contributed by atoms with Gasteiger partial charge in [0.2, 0.25) is 0 Å². The summed E-state index contributed by atoms with van der Waals surface area (Å²) in [5.74, 6) is -0.272. The number of hydrogen-bond acceptors (Lipinski definition) is 4. The van der Waals surface area contributed by atoms with Crippen LogP contribution < -0.4 is 5.32 Å². The third-order valence-electron chi connectivity index (χ3n) is 2.24. The van der Waals surface area contributed by atoms with Crippen molar-refractivity contribution in [2.45, 2.75) is 17.8 Å². The lowest BCUT2D eigenvalue weighted by molar-refractivity contribution is -0.139. The Morgan fingerprint density at radius 2 is 2.44 bits per heavy atom. The van der Waals surface area contributed by atoms with Gasteiger partial charge in [0.05, 0.1) is 7.11 Å². The van der Waals surface area contributed by atoms with Crippen molar-refractivity contribution in [3.63, 3.8) is 0 Å². The number of nitrogens with zero attached hydrogens (tertiary/aromatic N) is 1. The average molecular weight is 287 g/mol. The van der Waals surface area contributed by atoms with Gasteiger partial charge in [-0.15, -0.1) is 0 Å². The van der Waals surface area contributed by atoms with Crippen molar-refractivity contribution in [2.75, 3.05) is 13.7 Å². The van der Waals surface area contributed by atoms with E-state index in [-0.39, 0.29) is 16.8 Å². The van der Waals surface area contributed by atoms with Crippen LogP contribution in [0.5, 0.6) is 0 Å². The van der Waals surface area contributed by atoms with Gasteiger partial charge in [0, 0.05) is 25.0 Å². The molecule has 1 heterocycles. The molecule has 1 N–H and O–H groups in total. The van der Waals surface area contributed by atoms with Gasteiger partial charge in [0.1, 0.15) is 4.83 Å². The molecule has 0 aliphatic heterocycles. The Hall–Kier alpha value is -0.940. The van der Waals surface area contributed by atoms with Gasteiger partial charge in [-0.05, 0) is 18.6 Å². The van der Waals surface area contributed by atoms with Crippen LogP contribution in [0.1, 0.15) is 18.5 Å². The Morgan fingerprint density at radius 1 is 1.69 bits per heavy atom. The van der Waals surface area contributed by atoms with Crippen molar-refractivity contribution in [1.82, 2.24) is 10.3 Å². The number of esters is 1. The highest BCUT2D eigenvalue weighted by Gasteiger charge is 2.16. The standard InChI is InChI=1S/C11H15BrN2O2/c1-8(9-4-3-5-13-6-9)14-7-10(12)11(15)16-2/h3-6,8,10,14H,7H2,1-2H3/t8-,10?/m0/s1. The molecule has 1 rings (SSSR count). The van der Waals surface area contributed by atoms with Gasteiger partial charge >= 0.3 is 5.97 Å². The van der Waals surface area contributed by atoms with Crippen molar-refractivity contribution in [1.29, 1.82) is 0 Å². The molecule has 0 aliphatic carbocycles. The van der Waals surface area contributed by atoms with E-state index in [0.717, 1.165) is 5.56 Å². The third-order valence-corrected chi connectivity index (χ3v) is 2.94. The zero-order valence-corrected chi connectivity index (χ0v) is 10.9. The maximum Gasteiger partial charge on any atom is 0.320 e. The van der Waals surface area contributed by atoms with E-state index in [2.05, 4.69) is 31.0 Å². The van der Waals surface area contributed by atoms with Gasteiger partial charge in [-0.25, -0.2) is 0 Å². The van der Waals surface area contributed by atoms with Crippen LogP contribution in [-0.4, -0.2) is 29.4 Å². The number of alkyl halides is 1. The molecule has 0 saturated carbocycles. The SMILES string of the molecule is COC(=O)C(Br)CN[C@@H](C)c1cccnc1. The summed E-state index contributed by atoms with van der Waals surface area (Å²) in [6.07, 6.45) is 3.54. The highest BCUT2D eigenvalue weighted by atomic mass is 79.9. The Kier molecular flexibility index (Phi) is 5.42. The van der Waals surface area contributed by atoms with Gasteiger partial charge in [-0.2, -0.15) is 0 Å². The second-order valence-electron chi connectivity index (χ2n) is 3.41. The zero-order chi connectivity index (χ0) is 12.0. The first-order valence-corrected chi connectivity index (χ1v) is 5.92. The minimum absolute atomic E-state index is 0.151. The summed E-state index contributed by atoms with van der Waals surface area (Å²) in [6, 6.07) is 4.03. The van der Waals surface area contributed by atoms with Gasteiger partial charge in [0.15, 0.2) is 0 Å². The molecule has 0 saturated heterocycles. The summed E-state index contributed by atoms with van der Waals surface area (Å²) in [4.78, 5) is 14.9. The van der Waals surface area contributed by atoms with Crippen molar-refractivity contribution in [3.05, 3.63) is 30.1 Å². The molecule has 88 valence electrons. The Bertz CT molecular complexity index is 332. The fourth-order valence-electron chi connectivity index (χ4n) is 1.24. The number of carbonyl (C=O) groups is 1. The average Bonchev–Trinajstić information content (AvgIpc) is 2.35. The lowest BCUT2D eigenvalue weighted by Gasteiger charge is -2.15. The van der Waals surface area contributed by atoms with Gasteiger partial charge in [-0.1, -0.05) is 22.0 Å².